The first-order valence-electron chi connectivity index (χ1n) is 3.79. The SMILES string of the molecule is COc1cc2c(cc1O)COC2=O. The van der Waals surface area contributed by atoms with Gasteiger partial charge in [0.1, 0.15) is 6.61 Å². The third-order valence-corrected chi connectivity index (χ3v) is 1.98. The van der Waals surface area contributed by atoms with Gasteiger partial charge in [0.05, 0.1) is 12.7 Å². The molecule has 0 unspecified atom stereocenters. The van der Waals surface area contributed by atoms with Gasteiger partial charge in [0.25, 0.3) is 0 Å². The van der Waals surface area contributed by atoms with Crippen molar-refractivity contribution in [3.8, 4) is 11.5 Å². The van der Waals surface area contributed by atoms with Gasteiger partial charge in [-0.25, -0.2) is 4.79 Å². The maximum atomic E-state index is 11.1. The van der Waals surface area contributed by atoms with Crippen molar-refractivity contribution in [2.24, 2.45) is 0 Å². The number of phenols is 1. The normalized spacial score (nSPS) is 13.8. The van der Waals surface area contributed by atoms with E-state index in [1.54, 1.807) is 0 Å². The van der Waals surface area contributed by atoms with E-state index in [0.29, 0.717) is 11.1 Å². The summed E-state index contributed by atoms with van der Waals surface area (Å²) in [4.78, 5) is 11.1. The Balaban J connectivity index is 2.57. The first-order chi connectivity index (χ1) is 6.22. The molecule has 0 atom stereocenters. The van der Waals surface area contributed by atoms with Crippen LogP contribution in [0.5, 0.6) is 11.5 Å². The van der Waals surface area contributed by atoms with Crippen molar-refractivity contribution in [1.82, 2.24) is 0 Å². The highest BCUT2D eigenvalue weighted by Gasteiger charge is 2.23. The summed E-state index contributed by atoms with van der Waals surface area (Å²) < 4.78 is 9.63. The van der Waals surface area contributed by atoms with Gasteiger partial charge in [-0.3, -0.25) is 0 Å². The van der Waals surface area contributed by atoms with Gasteiger partial charge in [0.15, 0.2) is 11.5 Å². The van der Waals surface area contributed by atoms with Crippen molar-refractivity contribution in [1.29, 1.82) is 0 Å². The molecule has 0 radical (unpaired) electrons. The largest absolute Gasteiger partial charge is 0.504 e. The predicted molar refractivity (Wildman–Crippen MR) is 43.8 cm³/mol. The zero-order valence-electron chi connectivity index (χ0n) is 7.03. The van der Waals surface area contributed by atoms with Gasteiger partial charge < -0.3 is 14.6 Å². The lowest BCUT2D eigenvalue weighted by Crippen LogP contribution is -1.94. The monoisotopic (exact) mass is 180 g/mol. The van der Waals surface area contributed by atoms with Crippen molar-refractivity contribution >= 4 is 5.97 Å². The van der Waals surface area contributed by atoms with Crippen LogP contribution < -0.4 is 4.74 Å². The molecule has 68 valence electrons. The molecule has 0 saturated carbocycles. The van der Waals surface area contributed by atoms with Crippen molar-refractivity contribution < 1.29 is 19.4 Å². The van der Waals surface area contributed by atoms with Crippen LogP contribution in [0.15, 0.2) is 12.1 Å². The molecule has 4 heteroatoms. The molecule has 0 aromatic heterocycles. The second kappa shape index (κ2) is 2.65. The highest BCUT2D eigenvalue weighted by Crippen LogP contribution is 2.32. The Morgan fingerprint density at radius 1 is 1.54 bits per heavy atom. The van der Waals surface area contributed by atoms with E-state index in [1.807, 2.05) is 0 Å². The molecule has 1 aromatic carbocycles. The zero-order chi connectivity index (χ0) is 9.42. The Morgan fingerprint density at radius 2 is 2.31 bits per heavy atom. The molecular weight excluding hydrogens is 172 g/mol. The highest BCUT2D eigenvalue weighted by atomic mass is 16.5. The Bertz CT molecular complexity index is 370. The molecule has 4 nitrogen and oxygen atoms in total. The Morgan fingerprint density at radius 3 is 3.00 bits per heavy atom. The number of esters is 1. The van der Waals surface area contributed by atoms with Crippen LogP contribution in [-0.4, -0.2) is 18.2 Å². The lowest BCUT2D eigenvalue weighted by Gasteiger charge is -2.03. The quantitative estimate of drug-likeness (QED) is 0.657. The van der Waals surface area contributed by atoms with Crippen LogP contribution in [0.25, 0.3) is 0 Å². The molecule has 0 bridgehead atoms. The number of methoxy groups -OCH3 is 1. The number of aromatic hydroxyl groups is 1. The number of rotatable bonds is 1. The third kappa shape index (κ3) is 1.11. The number of phenolic OH excluding ortho intramolecular Hbond substituents is 1. The van der Waals surface area contributed by atoms with Gasteiger partial charge in [-0.2, -0.15) is 0 Å². The fourth-order valence-electron chi connectivity index (χ4n) is 1.31. The Hall–Kier alpha value is -1.71. The number of hydrogen-bond donors (Lipinski definition) is 1. The smallest absolute Gasteiger partial charge is 0.339 e. The number of carbonyl (C=O) groups is 1. The topological polar surface area (TPSA) is 55.8 Å². The first-order valence-corrected chi connectivity index (χ1v) is 3.79. The fraction of sp³-hybridized carbons (Fsp3) is 0.222. The van der Waals surface area contributed by atoms with E-state index in [1.165, 1.54) is 19.2 Å². The van der Waals surface area contributed by atoms with Gasteiger partial charge in [-0.15, -0.1) is 0 Å². The summed E-state index contributed by atoms with van der Waals surface area (Å²) in [6.07, 6.45) is 0. The van der Waals surface area contributed by atoms with Crippen LogP contribution in [0.2, 0.25) is 0 Å². The number of cyclic esters (lactones) is 1. The molecule has 0 amide bonds. The minimum absolute atomic E-state index is 0.0274. The average Bonchev–Trinajstić information content (AvgIpc) is 2.46. The van der Waals surface area contributed by atoms with Gasteiger partial charge in [0, 0.05) is 5.56 Å². The van der Waals surface area contributed by atoms with Crippen LogP contribution in [0.3, 0.4) is 0 Å². The van der Waals surface area contributed by atoms with E-state index < -0.39 is 0 Å². The molecular formula is C9H8O4. The van der Waals surface area contributed by atoms with E-state index in [9.17, 15) is 9.90 Å². The molecule has 1 N–H and O–H groups in total. The highest BCUT2D eigenvalue weighted by molar-refractivity contribution is 5.94. The fourth-order valence-corrected chi connectivity index (χ4v) is 1.31. The Labute approximate surface area is 74.7 Å². The molecule has 1 heterocycles. The summed E-state index contributed by atoms with van der Waals surface area (Å²) in [6.45, 7) is 0.228. The van der Waals surface area contributed by atoms with Gasteiger partial charge >= 0.3 is 5.97 Å². The summed E-state index contributed by atoms with van der Waals surface area (Å²) >= 11 is 0. The number of benzene rings is 1. The van der Waals surface area contributed by atoms with Gasteiger partial charge in [0.2, 0.25) is 0 Å². The number of ether oxygens (including phenoxy) is 2. The van der Waals surface area contributed by atoms with Crippen LogP contribution in [0.1, 0.15) is 15.9 Å². The van der Waals surface area contributed by atoms with Gasteiger partial charge in [-0.05, 0) is 12.1 Å². The zero-order valence-corrected chi connectivity index (χ0v) is 7.03. The first kappa shape index (κ1) is 7.91. The summed E-state index contributed by atoms with van der Waals surface area (Å²) in [5.74, 6) is -0.0505. The van der Waals surface area contributed by atoms with Crippen LogP contribution in [0.4, 0.5) is 0 Å². The van der Waals surface area contributed by atoms with Crippen molar-refractivity contribution in [2.45, 2.75) is 6.61 Å². The average molecular weight is 180 g/mol. The van der Waals surface area contributed by atoms with Crippen LogP contribution in [-0.2, 0) is 11.3 Å². The number of carbonyl (C=O) groups excluding carboxylic acids is 1. The second-order valence-corrected chi connectivity index (χ2v) is 2.76. The molecule has 0 aliphatic carbocycles. The summed E-state index contributed by atoms with van der Waals surface area (Å²) in [5.41, 5.74) is 1.16. The van der Waals surface area contributed by atoms with E-state index in [2.05, 4.69) is 0 Å². The lowest BCUT2D eigenvalue weighted by atomic mass is 10.1. The van der Waals surface area contributed by atoms with E-state index in [-0.39, 0.29) is 24.1 Å². The molecule has 2 rings (SSSR count). The molecule has 13 heavy (non-hydrogen) atoms. The van der Waals surface area contributed by atoms with Crippen LogP contribution >= 0.6 is 0 Å². The summed E-state index contributed by atoms with van der Waals surface area (Å²) in [7, 11) is 1.43. The molecule has 0 spiro atoms. The second-order valence-electron chi connectivity index (χ2n) is 2.76. The summed E-state index contributed by atoms with van der Waals surface area (Å²) in [6, 6.07) is 2.97. The third-order valence-electron chi connectivity index (χ3n) is 1.98. The summed E-state index contributed by atoms with van der Waals surface area (Å²) in [5, 5.41) is 9.37. The number of fused-ring (bicyclic) bond motifs is 1. The maximum Gasteiger partial charge on any atom is 0.339 e. The van der Waals surface area contributed by atoms with E-state index in [0.717, 1.165) is 0 Å². The molecule has 0 saturated heterocycles. The van der Waals surface area contributed by atoms with Crippen molar-refractivity contribution in [3.63, 3.8) is 0 Å². The van der Waals surface area contributed by atoms with Crippen molar-refractivity contribution in [2.75, 3.05) is 7.11 Å². The van der Waals surface area contributed by atoms with E-state index >= 15 is 0 Å². The maximum absolute atomic E-state index is 11.1. The molecule has 1 aromatic rings. The van der Waals surface area contributed by atoms with Crippen LogP contribution in [0, 0.1) is 0 Å². The molecule has 1 aliphatic heterocycles. The van der Waals surface area contributed by atoms with Crippen molar-refractivity contribution in [3.05, 3.63) is 23.3 Å². The number of hydrogen-bond acceptors (Lipinski definition) is 4. The molecule has 0 fully saturated rings. The van der Waals surface area contributed by atoms with E-state index in [4.69, 9.17) is 9.47 Å². The lowest BCUT2D eigenvalue weighted by molar-refractivity contribution is 0.0535. The minimum Gasteiger partial charge on any atom is -0.504 e. The standard InChI is InChI=1S/C9H8O4/c1-12-8-3-6-5(2-7(8)10)4-13-9(6)11/h2-3,10H,4H2,1H3. The minimum atomic E-state index is -0.367. The van der Waals surface area contributed by atoms with Gasteiger partial charge in [-0.1, -0.05) is 0 Å². The predicted octanol–water partition coefficient (Wildman–Crippen LogP) is 1.07. The Kier molecular flexibility index (Phi) is 1.62. The molecule has 1 aliphatic rings.